The van der Waals surface area contributed by atoms with Gasteiger partial charge in [0.1, 0.15) is 17.6 Å². The molecule has 0 saturated heterocycles. The number of carboxylic acid groups (broad SMARTS) is 1. The van der Waals surface area contributed by atoms with Crippen LogP contribution in [0.2, 0.25) is 0 Å². The summed E-state index contributed by atoms with van der Waals surface area (Å²) in [6.07, 6.45) is -3.04. The van der Waals surface area contributed by atoms with E-state index in [0.29, 0.717) is 41.0 Å². The van der Waals surface area contributed by atoms with Crippen molar-refractivity contribution in [3.8, 4) is 11.5 Å². The first-order valence-corrected chi connectivity index (χ1v) is 14.0. The molecule has 1 heterocycles. The van der Waals surface area contributed by atoms with Crippen LogP contribution in [0.4, 0.5) is 13.2 Å². The number of ether oxygens (including phenoxy) is 2. The summed E-state index contributed by atoms with van der Waals surface area (Å²) in [5.41, 5.74) is 2.11. The molecule has 0 fully saturated rings. The van der Waals surface area contributed by atoms with Gasteiger partial charge in [-0.1, -0.05) is 24.3 Å². The number of hydrogen-bond donors (Lipinski definition) is 1. The number of hydrogen-bond acceptors (Lipinski definition) is 5. The number of aliphatic carboxylic acids is 1. The van der Waals surface area contributed by atoms with Gasteiger partial charge in [-0.3, -0.25) is 4.79 Å². The van der Waals surface area contributed by atoms with Crippen molar-refractivity contribution in [2.24, 2.45) is 0 Å². The van der Waals surface area contributed by atoms with Gasteiger partial charge in [0.05, 0.1) is 23.5 Å². The lowest BCUT2D eigenvalue weighted by atomic mass is 9.92. The minimum absolute atomic E-state index is 0.00638. The van der Waals surface area contributed by atoms with Crippen LogP contribution in [0.5, 0.6) is 11.5 Å². The summed E-state index contributed by atoms with van der Waals surface area (Å²) in [5, 5.41) is 9.09. The van der Waals surface area contributed by atoms with Gasteiger partial charge in [-0.2, -0.15) is 13.2 Å². The van der Waals surface area contributed by atoms with Crippen molar-refractivity contribution >= 4 is 15.8 Å². The fourth-order valence-corrected chi connectivity index (χ4v) is 5.89. The summed E-state index contributed by atoms with van der Waals surface area (Å²) in [5.74, 6) is -0.0960. The van der Waals surface area contributed by atoms with Crippen LogP contribution < -0.4 is 9.47 Å². The molecule has 5 rings (SSSR count). The molecule has 10 heteroatoms. The average molecular weight is 547 g/mol. The van der Waals surface area contributed by atoms with Gasteiger partial charge < -0.3 is 14.6 Å². The Balaban J connectivity index is 1.42. The van der Waals surface area contributed by atoms with E-state index in [-0.39, 0.29) is 35.8 Å². The highest BCUT2D eigenvalue weighted by molar-refractivity contribution is 7.90. The van der Waals surface area contributed by atoms with Gasteiger partial charge in [0.15, 0.2) is 9.84 Å². The number of sulfone groups is 1. The van der Waals surface area contributed by atoms with Gasteiger partial charge in [-0.25, -0.2) is 8.42 Å². The van der Waals surface area contributed by atoms with Crippen molar-refractivity contribution in [1.82, 2.24) is 0 Å². The van der Waals surface area contributed by atoms with Crippen molar-refractivity contribution < 1.29 is 41.0 Å². The molecule has 1 aliphatic heterocycles. The van der Waals surface area contributed by atoms with E-state index in [4.69, 9.17) is 14.6 Å². The molecule has 0 amide bonds. The molecule has 0 radical (unpaired) electrons. The van der Waals surface area contributed by atoms with E-state index in [1.807, 2.05) is 0 Å². The topological polar surface area (TPSA) is 89.9 Å². The summed E-state index contributed by atoms with van der Waals surface area (Å²) in [7, 11) is -3.41. The zero-order valence-corrected chi connectivity index (χ0v) is 21.2. The van der Waals surface area contributed by atoms with Crippen molar-refractivity contribution in [2.75, 3.05) is 12.9 Å². The van der Waals surface area contributed by atoms with E-state index < -0.39 is 33.7 Å². The Morgan fingerprint density at radius 2 is 1.79 bits per heavy atom. The molecule has 2 aliphatic rings. The molecular formula is C28H25F3O6S. The highest BCUT2D eigenvalue weighted by atomic mass is 32.2. The molecule has 1 N–H and O–H groups in total. The predicted octanol–water partition coefficient (Wildman–Crippen LogP) is 5.72. The second kappa shape index (κ2) is 9.65. The van der Waals surface area contributed by atoms with Crippen LogP contribution in [0, 0.1) is 0 Å². The van der Waals surface area contributed by atoms with E-state index in [1.165, 1.54) is 18.2 Å². The van der Waals surface area contributed by atoms with Crippen LogP contribution in [0.15, 0.2) is 59.5 Å². The lowest BCUT2D eigenvalue weighted by Crippen LogP contribution is -2.13. The minimum atomic E-state index is -4.54. The van der Waals surface area contributed by atoms with Gasteiger partial charge in [0.25, 0.3) is 0 Å². The number of carboxylic acids is 1. The molecule has 3 aromatic carbocycles. The number of rotatable bonds is 7. The smallest absolute Gasteiger partial charge is 0.416 e. The third kappa shape index (κ3) is 5.22. The molecular weight excluding hydrogens is 521 g/mol. The largest absolute Gasteiger partial charge is 0.492 e. The van der Waals surface area contributed by atoms with Gasteiger partial charge in [0.2, 0.25) is 0 Å². The van der Waals surface area contributed by atoms with Gasteiger partial charge in [0, 0.05) is 23.8 Å². The number of benzene rings is 3. The SMILES string of the molecule is CS(=O)(=O)c1ccc(Cc2c(C(F)(F)F)ccc3c2CCC3Oc2ccc3c(c2)OCC3CC(=O)O)cc1. The molecule has 0 bridgehead atoms. The number of halogens is 3. The van der Waals surface area contributed by atoms with Crippen LogP contribution in [-0.4, -0.2) is 32.4 Å². The highest BCUT2D eigenvalue weighted by Gasteiger charge is 2.37. The van der Waals surface area contributed by atoms with Crippen LogP contribution in [0.25, 0.3) is 0 Å². The van der Waals surface area contributed by atoms with Crippen molar-refractivity contribution in [3.05, 3.63) is 88.0 Å². The lowest BCUT2D eigenvalue weighted by Gasteiger charge is -2.20. The van der Waals surface area contributed by atoms with E-state index in [1.54, 1.807) is 30.3 Å². The first-order chi connectivity index (χ1) is 17.9. The van der Waals surface area contributed by atoms with E-state index in [0.717, 1.165) is 17.9 Å². The Morgan fingerprint density at radius 3 is 2.45 bits per heavy atom. The molecule has 6 nitrogen and oxygen atoms in total. The maximum atomic E-state index is 14.0. The van der Waals surface area contributed by atoms with E-state index in [9.17, 15) is 26.4 Å². The van der Waals surface area contributed by atoms with Crippen molar-refractivity contribution in [1.29, 1.82) is 0 Å². The van der Waals surface area contributed by atoms with Crippen LogP contribution in [0.1, 0.15) is 58.2 Å². The predicted molar refractivity (Wildman–Crippen MR) is 132 cm³/mol. The number of carbonyl (C=O) groups is 1. The summed E-state index contributed by atoms with van der Waals surface area (Å²) in [6.45, 7) is 0.270. The molecule has 3 aromatic rings. The zero-order chi connectivity index (χ0) is 27.2. The number of alkyl halides is 3. The third-order valence-electron chi connectivity index (χ3n) is 7.07. The van der Waals surface area contributed by atoms with Gasteiger partial charge in [-0.05, 0) is 65.8 Å². The molecule has 0 aromatic heterocycles. The van der Waals surface area contributed by atoms with Gasteiger partial charge in [-0.15, -0.1) is 0 Å². The Morgan fingerprint density at radius 1 is 1.08 bits per heavy atom. The van der Waals surface area contributed by atoms with E-state index in [2.05, 4.69) is 0 Å². The summed E-state index contributed by atoms with van der Waals surface area (Å²) < 4.78 is 77.2. The molecule has 0 saturated carbocycles. The maximum Gasteiger partial charge on any atom is 0.416 e. The highest BCUT2D eigenvalue weighted by Crippen LogP contribution is 2.44. The van der Waals surface area contributed by atoms with Gasteiger partial charge >= 0.3 is 12.1 Å². The van der Waals surface area contributed by atoms with Crippen molar-refractivity contribution in [3.63, 3.8) is 0 Å². The average Bonchev–Trinajstić information content (AvgIpc) is 3.42. The summed E-state index contributed by atoms with van der Waals surface area (Å²) >= 11 is 0. The molecule has 2 unspecified atom stereocenters. The Bertz CT molecular complexity index is 1500. The number of fused-ring (bicyclic) bond motifs is 2. The zero-order valence-electron chi connectivity index (χ0n) is 20.4. The quantitative estimate of drug-likeness (QED) is 0.408. The fraction of sp³-hybridized carbons (Fsp3) is 0.321. The van der Waals surface area contributed by atoms with Crippen LogP contribution >= 0.6 is 0 Å². The molecule has 200 valence electrons. The Kier molecular flexibility index (Phi) is 6.63. The van der Waals surface area contributed by atoms with E-state index >= 15 is 0 Å². The molecule has 2 atom stereocenters. The second-order valence-electron chi connectivity index (χ2n) is 9.70. The lowest BCUT2D eigenvalue weighted by molar-refractivity contribution is -0.138. The first kappa shape index (κ1) is 26.1. The monoisotopic (exact) mass is 546 g/mol. The standard InChI is InChI=1S/C28H25F3O6S/c1-38(34,35)19-5-2-16(3-6-19)12-23-21-9-11-25(22(21)8-10-24(23)28(29,30)31)37-18-4-7-20-17(13-27(32)33)15-36-26(20)14-18/h2-8,10,14,17,25H,9,11-13,15H2,1H3,(H,32,33). The summed E-state index contributed by atoms with van der Waals surface area (Å²) in [6, 6.07) is 13.7. The van der Waals surface area contributed by atoms with Crippen LogP contribution in [0.3, 0.4) is 0 Å². The first-order valence-electron chi connectivity index (χ1n) is 12.1. The molecule has 1 aliphatic carbocycles. The Hall–Kier alpha value is -3.53. The molecule has 38 heavy (non-hydrogen) atoms. The van der Waals surface area contributed by atoms with Crippen molar-refractivity contribution in [2.45, 2.75) is 48.8 Å². The fourth-order valence-electron chi connectivity index (χ4n) is 5.26. The van der Waals surface area contributed by atoms with Crippen LogP contribution in [-0.2, 0) is 33.6 Å². The Labute approximate surface area is 217 Å². The maximum absolute atomic E-state index is 14.0. The minimum Gasteiger partial charge on any atom is -0.492 e. The normalized spacial score (nSPS) is 18.5. The summed E-state index contributed by atoms with van der Waals surface area (Å²) in [4.78, 5) is 11.2. The molecule has 0 spiro atoms. The second-order valence-corrected chi connectivity index (χ2v) is 11.7. The third-order valence-corrected chi connectivity index (χ3v) is 8.20.